The van der Waals surface area contributed by atoms with Crippen LogP contribution in [-0.4, -0.2) is 31.0 Å². The summed E-state index contributed by atoms with van der Waals surface area (Å²) in [6.07, 6.45) is 0. The maximum atomic E-state index is 13.3. The van der Waals surface area contributed by atoms with Gasteiger partial charge in [-0.05, 0) is 18.1 Å². The number of aromatic nitrogens is 3. The van der Waals surface area contributed by atoms with Crippen molar-refractivity contribution in [2.24, 2.45) is 0 Å². The topological polar surface area (TPSA) is 111 Å². The van der Waals surface area contributed by atoms with Crippen molar-refractivity contribution in [1.82, 2.24) is 15.0 Å². The Balaban J connectivity index is 2.65. The minimum absolute atomic E-state index is 0.173. The number of aromatic carboxylic acids is 1. The van der Waals surface area contributed by atoms with Crippen LogP contribution in [0.25, 0.3) is 5.69 Å². The molecule has 21 heavy (non-hydrogen) atoms. The fourth-order valence-corrected chi connectivity index (χ4v) is 1.92. The molecule has 1 heterocycles. The number of hydrogen-bond acceptors (Lipinski definition) is 5. The van der Waals surface area contributed by atoms with Gasteiger partial charge >= 0.3 is 11.7 Å². The highest BCUT2D eigenvalue weighted by molar-refractivity contribution is 5.86. The number of carbonyl (C=O) groups is 1. The van der Waals surface area contributed by atoms with Gasteiger partial charge < -0.3 is 5.11 Å². The van der Waals surface area contributed by atoms with Crippen LogP contribution in [0.3, 0.4) is 0 Å². The summed E-state index contributed by atoms with van der Waals surface area (Å²) in [5, 5.41) is 27.1. The smallest absolute Gasteiger partial charge is 0.358 e. The molecule has 0 saturated heterocycles. The summed E-state index contributed by atoms with van der Waals surface area (Å²) in [5.41, 5.74) is -0.498. The van der Waals surface area contributed by atoms with Crippen molar-refractivity contribution in [2.75, 3.05) is 0 Å². The Morgan fingerprint density at radius 3 is 2.67 bits per heavy atom. The van der Waals surface area contributed by atoms with Crippen LogP contribution < -0.4 is 0 Å². The summed E-state index contributed by atoms with van der Waals surface area (Å²) in [7, 11) is 0. The Bertz CT molecular complexity index is 726. The van der Waals surface area contributed by atoms with Gasteiger partial charge in [0.1, 0.15) is 0 Å². The molecule has 110 valence electrons. The molecule has 0 aliphatic rings. The second-order valence-electron chi connectivity index (χ2n) is 4.59. The van der Waals surface area contributed by atoms with Gasteiger partial charge in [0.2, 0.25) is 5.82 Å². The van der Waals surface area contributed by atoms with E-state index >= 15 is 0 Å². The molecule has 0 atom stereocenters. The third-order valence-corrected chi connectivity index (χ3v) is 2.83. The molecule has 0 aliphatic carbocycles. The Kier molecular flexibility index (Phi) is 3.66. The molecular formula is C12H11FN4O4. The molecule has 0 fully saturated rings. The molecule has 2 aromatic rings. The van der Waals surface area contributed by atoms with Gasteiger partial charge in [0, 0.05) is 6.07 Å². The summed E-state index contributed by atoms with van der Waals surface area (Å²) < 4.78 is 14.5. The molecular weight excluding hydrogens is 283 g/mol. The van der Waals surface area contributed by atoms with E-state index in [-0.39, 0.29) is 23.0 Å². The number of nitrogens with zero attached hydrogens (tertiary/aromatic N) is 4. The third kappa shape index (κ3) is 2.57. The Morgan fingerprint density at radius 2 is 2.14 bits per heavy atom. The molecule has 0 bridgehead atoms. The second kappa shape index (κ2) is 5.27. The molecule has 1 N–H and O–H groups in total. The van der Waals surface area contributed by atoms with Gasteiger partial charge in [0.25, 0.3) is 0 Å². The predicted octanol–water partition coefficient (Wildman–Crippen LogP) is 2.14. The van der Waals surface area contributed by atoms with Gasteiger partial charge in [-0.25, -0.2) is 9.48 Å². The average Bonchev–Trinajstić information content (AvgIpc) is 2.83. The van der Waals surface area contributed by atoms with Crippen molar-refractivity contribution in [2.45, 2.75) is 19.8 Å². The molecule has 1 aromatic carbocycles. The number of rotatable bonds is 4. The standard InChI is InChI=1S/C12H11FN4O4/c1-6(2)11-10(12(18)19)14-15-16(11)7-3-4-8(13)9(5-7)17(20)21/h3-6H,1-2H3,(H,18,19). The van der Waals surface area contributed by atoms with Crippen LogP contribution in [0.2, 0.25) is 0 Å². The van der Waals surface area contributed by atoms with Crippen molar-refractivity contribution in [3.63, 3.8) is 0 Å². The third-order valence-electron chi connectivity index (χ3n) is 2.83. The van der Waals surface area contributed by atoms with Gasteiger partial charge in [-0.1, -0.05) is 19.1 Å². The lowest BCUT2D eigenvalue weighted by Gasteiger charge is -2.09. The first-order chi connectivity index (χ1) is 9.82. The van der Waals surface area contributed by atoms with Crippen molar-refractivity contribution in [1.29, 1.82) is 0 Å². The summed E-state index contributed by atoms with van der Waals surface area (Å²) >= 11 is 0. The van der Waals surface area contributed by atoms with E-state index in [4.69, 9.17) is 5.11 Å². The molecule has 0 spiro atoms. The Hall–Kier alpha value is -2.84. The van der Waals surface area contributed by atoms with Gasteiger partial charge in [-0.15, -0.1) is 5.10 Å². The summed E-state index contributed by atoms with van der Waals surface area (Å²) in [6.45, 7) is 3.47. The first kappa shape index (κ1) is 14.6. The highest BCUT2D eigenvalue weighted by Gasteiger charge is 2.24. The first-order valence-electron chi connectivity index (χ1n) is 5.96. The molecule has 2 rings (SSSR count). The number of carboxylic acids is 1. The number of nitro benzene ring substituents is 1. The fraction of sp³-hybridized carbons (Fsp3) is 0.250. The Labute approximate surface area is 118 Å². The van der Waals surface area contributed by atoms with Crippen molar-refractivity contribution < 1.29 is 19.2 Å². The Morgan fingerprint density at radius 1 is 1.48 bits per heavy atom. The number of nitro groups is 1. The van der Waals surface area contributed by atoms with Crippen LogP contribution in [0, 0.1) is 15.9 Å². The van der Waals surface area contributed by atoms with Gasteiger partial charge in [0.05, 0.1) is 16.3 Å². The van der Waals surface area contributed by atoms with E-state index in [9.17, 15) is 19.3 Å². The number of hydrogen-bond donors (Lipinski definition) is 1. The van der Waals surface area contributed by atoms with Gasteiger partial charge in [0.15, 0.2) is 5.69 Å². The van der Waals surface area contributed by atoms with Crippen LogP contribution in [-0.2, 0) is 0 Å². The second-order valence-corrected chi connectivity index (χ2v) is 4.59. The lowest BCUT2D eigenvalue weighted by atomic mass is 10.1. The van der Waals surface area contributed by atoms with Crippen molar-refractivity contribution in [3.8, 4) is 5.69 Å². The van der Waals surface area contributed by atoms with E-state index in [1.807, 2.05) is 0 Å². The van der Waals surface area contributed by atoms with E-state index in [2.05, 4.69) is 10.3 Å². The summed E-state index contributed by atoms with van der Waals surface area (Å²) in [6, 6.07) is 3.19. The van der Waals surface area contributed by atoms with Crippen LogP contribution in [0.4, 0.5) is 10.1 Å². The maximum absolute atomic E-state index is 13.3. The van der Waals surface area contributed by atoms with Crippen molar-refractivity contribution in [3.05, 3.63) is 45.5 Å². The highest BCUT2D eigenvalue weighted by atomic mass is 19.1. The average molecular weight is 294 g/mol. The number of benzene rings is 1. The molecule has 0 saturated carbocycles. The van der Waals surface area contributed by atoms with Crippen LogP contribution in [0.15, 0.2) is 18.2 Å². The lowest BCUT2D eigenvalue weighted by Crippen LogP contribution is -2.09. The molecule has 0 radical (unpaired) electrons. The maximum Gasteiger partial charge on any atom is 0.358 e. The van der Waals surface area contributed by atoms with E-state index in [0.29, 0.717) is 0 Å². The first-order valence-corrected chi connectivity index (χ1v) is 5.96. The normalized spacial score (nSPS) is 10.9. The predicted molar refractivity (Wildman–Crippen MR) is 69.0 cm³/mol. The monoisotopic (exact) mass is 294 g/mol. The van der Waals surface area contributed by atoms with E-state index in [1.165, 1.54) is 10.7 Å². The fourth-order valence-electron chi connectivity index (χ4n) is 1.92. The minimum Gasteiger partial charge on any atom is -0.476 e. The number of carboxylic acid groups (broad SMARTS) is 1. The van der Waals surface area contributed by atoms with Gasteiger partial charge in [-0.2, -0.15) is 4.39 Å². The zero-order valence-corrected chi connectivity index (χ0v) is 11.1. The molecule has 8 nitrogen and oxygen atoms in total. The summed E-state index contributed by atoms with van der Waals surface area (Å²) in [4.78, 5) is 21.0. The summed E-state index contributed by atoms with van der Waals surface area (Å²) in [5.74, 6) is -2.47. The lowest BCUT2D eigenvalue weighted by molar-refractivity contribution is -0.387. The quantitative estimate of drug-likeness (QED) is 0.683. The molecule has 0 aliphatic heterocycles. The van der Waals surface area contributed by atoms with E-state index < -0.39 is 22.4 Å². The largest absolute Gasteiger partial charge is 0.476 e. The zero-order chi connectivity index (χ0) is 15.7. The van der Waals surface area contributed by atoms with Crippen molar-refractivity contribution >= 4 is 11.7 Å². The van der Waals surface area contributed by atoms with Crippen LogP contribution >= 0.6 is 0 Å². The molecule has 0 amide bonds. The number of halogens is 1. The van der Waals surface area contributed by atoms with Gasteiger partial charge in [-0.3, -0.25) is 10.1 Å². The van der Waals surface area contributed by atoms with Crippen LogP contribution in [0.5, 0.6) is 0 Å². The SMILES string of the molecule is CC(C)c1c(C(=O)O)nnn1-c1ccc(F)c([N+](=O)[O-])c1. The molecule has 0 unspecified atom stereocenters. The highest BCUT2D eigenvalue weighted by Crippen LogP contribution is 2.25. The van der Waals surface area contributed by atoms with E-state index in [1.54, 1.807) is 13.8 Å². The molecule has 9 heteroatoms. The van der Waals surface area contributed by atoms with Crippen LogP contribution in [0.1, 0.15) is 35.9 Å². The minimum atomic E-state index is -1.25. The molecule has 1 aromatic heterocycles. The van der Waals surface area contributed by atoms with E-state index in [0.717, 1.165) is 12.1 Å². The zero-order valence-electron chi connectivity index (χ0n) is 11.1.